The summed E-state index contributed by atoms with van der Waals surface area (Å²) in [6.07, 6.45) is -3.87. The van der Waals surface area contributed by atoms with E-state index in [9.17, 15) is 13.2 Å². The van der Waals surface area contributed by atoms with Crippen LogP contribution in [0.1, 0.15) is 30.8 Å². The van der Waals surface area contributed by atoms with Crippen molar-refractivity contribution >= 4 is 12.2 Å². The third-order valence-electron chi connectivity index (χ3n) is 3.03. The van der Waals surface area contributed by atoms with Gasteiger partial charge in [0.25, 0.3) is 0 Å². The predicted molar refractivity (Wildman–Crippen MR) is 76.5 cm³/mol. The van der Waals surface area contributed by atoms with Crippen molar-refractivity contribution < 1.29 is 13.2 Å². The molecule has 0 amide bonds. The van der Waals surface area contributed by atoms with Gasteiger partial charge in [0, 0.05) is 13.0 Å². The molecule has 1 heterocycles. The fourth-order valence-electron chi connectivity index (χ4n) is 2.03. The zero-order chi connectivity index (χ0) is 15.6. The number of halogens is 3. The van der Waals surface area contributed by atoms with E-state index in [2.05, 4.69) is 24.0 Å². The van der Waals surface area contributed by atoms with Gasteiger partial charge in [0.2, 0.25) is 0 Å². The highest BCUT2D eigenvalue weighted by Crippen LogP contribution is 2.29. The van der Waals surface area contributed by atoms with Crippen molar-refractivity contribution in [1.82, 2.24) is 14.8 Å². The van der Waals surface area contributed by atoms with Crippen LogP contribution in [0.25, 0.3) is 0 Å². The van der Waals surface area contributed by atoms with E-state index in [1.165, 1.54) is 12.1 Å². The van der Waals surface area contributed by atoms with Gasteiger partial charge in [0.1, 0.15) is 5.82 Å². The number of alkyl halides is 3. The second kappa shape index (κ2) is 6.01. The first-order valence-electron chi connectivity index (χ1n) is 6.57. The number of aromatic amines is 1. The molecule has 0 spiro atoms. The van der Waals surface area contributed by atoms with Gasteiger partial charge in [-0.1, -0.05) is 26.0 Å². The highest BCUT2D eigenvalue weighted by Gasteiger charge is 2.29. The second-order valence-corrected chi connectivity index (χ2v) is 5.71. The van der Waals surface area contributed by atoms with Crippen LogP contribution in [0, 0.1) is 10.7 Å². The van der Waals surface area contributed by atoms with E-state index in [-0.39, 0.29) is 0 Å². The fraction of sp³-hybridized carbons (Fsp3) is 0.429. The number of H-pyrrole nitrogens is 1. The third kappa shape index (κ3) is 3.93. The summed E-state index contributed by atoms with van der Waals surface area (Å²) in [5.41, 5.74) is 0.120. The van der Waals surface area contributed by atoms with Gasteiger partial charge in [-0.05, 0) is 35.8 Å². The Morgan fingerprint density at radius 2 is 1.86 bits per heavy atom. The number of nitrogens with one attached hydrogen (secondary N) is 1. The van der Waals surface area contributed by atoms with Gasteiger partial charge in [-0.25, -0.2) is 0 Å². The van der Waals surface area contributed by atoms with Crippen molar-refractivity contribution in [3.05, 3.63) is 46.0 Å². The normalized spacial score (nSPS) is 12.1. The summed E-state index contributed by atoms with van der Waals surface area (Å²) in [7, 11) is 0. The quantitative estimate of drug-likeness (QED) is 0.858. The van der Waals surface area contributed by atoms with Gasteiger partial charge in [-0.15, -0.1) is 0 Å². The minimum Gasteiger partial charge on any atom is -0.304 e. The van der Waals surface area contributed by atoms with E-state index in [0.29, 0.717) is 17.1 Å². The first-order chi connectivity index (χ1) is 9.77. The van der Waals surface area contributed by atoms with Crippen LogP contribution in [0.3, 0.4) is 0 Å². The molecule has 21 heavy (non-hydrogen) atoms. The highest BCUT2D eigenvalue weighted by molar-refractivity contribution is 7.71. The standard InChI is InChI=1S/C14H16F3N3S/c1-9(2)8-20-12(18-19-13(20)21)7-10-3-5-11(6-4-10)14(15,16)17/h3-6,9H,7-8H2,1-2H3,(H,19,21). The summed E-state index contributed by atoms with van der Waals surface area (Å²) >= 11 is 5.17. The molecule has 0 unspecified atom stereocenters. The van der Waals surface area contributed by atoms with E-state index in [1.54, 1.807) is 0 Å². The SMILES string of the molecule is CC(C)Cn1c(Cc2ccc(C(F)(F)F)cc2)n[nH]c1=S. The first-order valence-corrected chi connectivity index (χ1v) is 6.98. The smallest absolute Gasteiger partial charge is 0.304 e. The Balaban J connectivity index is 2.21. The van der Waals surface area contributed by atoms with Gasteiger partial charge in [0.05, 0.1) is 5.56 Å². The maximum atomic E-state index is 12.5. The monoisotopic (exact) mass is 315 g/mol. The van der Waals surface area contributed by atoms with E-state index in [1.807, 2.05) is 4.57 Å². The van der Waals surface area contributed by atoms with Crippen molar-refractivity contribution in [2.45, 2.75) is 33.0 Å². The molecular weight excluding hydrogens is 299 g/mol. The third-order valence-corrected chi connectivity index (χ3v) is 3.34. The lowest BCUT2D eigenvalue weighted by Gasteiger charge is -2.10. The molecule has 0 saturated carbocycles. The van der Waals surface area contributed by atoms with Gasteiger partial charge in [-0.2, -0.15) is 18.3 Å². The zero-order valence-electron chi connectivity index (χ0n) is 11.7. The maximum Gasteiger partial charge on any atom is 0.416 e. The maximum absolute atomic E-state index is 12.5. The average molecular weight is 315 g/mol. The lowest BCUT2D eigenvalue weighted by atomic mass is 10.1. The predicted octanol–water partition coefficient (Wildman–Crippen LogP) is 4.21. The van der Waals surface area contributed by atoms with Crippen LogP contribution in [0.2, 0.25) is 0 Å². The lowest BCUT2D eigenvalue weighted by molar-refractivity contribution is -0.137. The van der Waals surface area contributed by atoms with Gasteiger partial charge < -0.3 is 4.57 Å². The highest BCUT2D eigenvalue weighted by atomic mass is 32.1. The fourth-order valence-corrected chi connectivity index (χ4v) is 2.26. The molecule has 0 aliphatic carbocycles. The van der Waals surface area contributed by atoms with E-state index >= 15 is 0 Å². The van der Waals surface area contributed by atoms with Gasteiger partial charge in [-0.3, -0.25) is 5.10 Å². The van der Waals surface area contributed by atoms with E-state index < -0.39 is 11.7 Å². The molecule has 0 aliphatic rings. The number of nitrogens with zero attached hydrogens (tertiary/aromatic N) is 2. The summed E-state index contributed by atoms with van der Waals surface area (Å²) in [6, 6.07) is 5.12. The molecular formula is C14H16F3N3S. The molecule has 1 aromatic carbocycles. The van der Waals surface area contributed by atoms with Crippen LogP contribution in [-0.2, 0) is 19.1 Å². The van der Waals surface area contributed by atoms with E-state index in [4.69, 9.17) is 12.2 Å². The molecule has 2 aromatic rings. The molecule has 0 bridgehead atoms. The average Bonchev–Trinajstić information content (AvgIpc) is 2.70. The van der Waals surface area contributed by atoms with Crippen LogP contribution < -0.4 is 0 Å². The van der Waals surface area contributed by atoms with Crippen molar-refractivity contribution in [3.63, 3.8) is 0 Å². The van der Waals surface area contributed by atoms with Crippen LogP contribution in [-0.4, -0.2) is 14.8 Å². The van der Waals surface area contributed by atoms with Gasteiger partial charge >= 0.3 is 6.18 Å². The number of hydrogen-bond acceptors (Lipinski definition) is 2. The Kier molecular flexibility index (Phi) is 4.51. The summed E-state index contributed by atoms with van der Waals surface area (Å²) in [4.78, 5) is 0. The molecule has 2 rings (SSSR count). The molecule has 0 atom stereocenters. The van der Waals surface area contributed by atoms with Crippen LogP contribution in [0.15, 0.2) is 24.3 Å². The largest absolute Gasteiger partial charge is 0.416 e. The van der Waals surface area contributed by atoms with Crippen molar-refractivity contribution in [1.29, 1.82) is 0 Å². The Morgan fingerprint density at radius 3 is 2.38 bits per heavy atom. The second-order valence-electron chi connectivity index (χ2n) is 5.32. The Bertz CT molecular complexity index is 653. The molecule has 0 radical (unpaired) electrons. The number of hydrogen-bond donors (Lipinski definition) is 1. The summed E-state index contributed by atoms with van der Waals surface area (Å²) < 4.78 is 40.0. The van der Waals surface area contributed by atoms with Crippen molar-refractivity contribution in [3.8, 4) is 0 Å². The molecule has 0 saturated heterocycles. The molecule has 7 heteroatoms. The molecule has 1 aromatic heterocycles. The Morgan fingerprint density at radius 1 is 1.24 bits per heavy atom. The number of rotatable bonds is 4. The van der Waals surface area contributed by atoms with Crippen LogP contribution >= 0.6 is 12.2 Å². The molecule has 3 nitrogen and oxygen atoms in total. The summed E-state index contributed by atoms with van der Waals surface area (Å²) in [5, 5.41) is 6.89. The van der Waals surface area contributed by atoms with Gasteiger partial charge in [0.15, 0.2) is 4.77 Å². The molecule has 1 N–H and O–H groups in total. The zero-order valence-corrected chi connectivity index (χ0v) is 12.6. The van der Waals surface area contributed by atoms with Crippen LogP contribution in [0.4, 0.5) is 13.2 Å². The first kappa shape index (κ1) is 15.8. The number of aromatic nitrogens is 3. The van der Waals surface area contributed by atoms with E-state index in [0.717, 1.165) is 30.1 Å². The summed E-state index contributed by atoms with van der Waals surface area (Å²) in [6.45, 7) is 4.86. The van der Waals surface area contributed by atoms with Crippen LogP contribution in [0.5, 0.6) is 0 Å². The lowest BCUT2D eigenvalue weighted by Crippen LogP contribution is -2.09. The Labute approximate surface area is 125 Å². The Hall–Kier alpha value is -1.63. The topological polar surface area (TPSA) is 33.6 Å². The van der Waals surface area contributed by atoms with Crippen molar-refractivity contribution in [2.75, 3.05) is 0 Å². The summed E-state index contributed by atoms with van der Waals surface area (Å²) in [5.74, 6) is 1.13. The molecule has 0 fully saturated rings. The minimum atomic E-state index is -4.31. The van der Waals surface area contributed by atoms with Crippen molar-refractivity contribution in [2.24, 2.45) is 5.92 Å². The minimum absolute atomic E-state index is 0.403. The number of benzene rings is 1. The molecule has 114 valence electrons. The molecule has 0 aliphatic heterocycles.